The summed E-state index contributed by atoms with van der Waals surface area (Å²) in [5, 5.41) is 2.64. The molecule has 0 atom stereocenters. The zero-order chi connectivity index (χ0) is 20.6. The topological polar surface area (TPSA) is 84.5 Å². The molecule has 0 saturated heterocycles. The summed E-state index contributed by atoms with van der Waals surface area (Å²) in [6.07, 6.45) is 2.09. The van der Waals surface area contributed by atoms with Gasteiger partial charge in [0.15, 0.2) is 6.61 Å². The van der Waals surface area contributed by atoms with Gasteiger partial charge in [0.1, 0.15) is 5.75 Å². The van der Waals surface area contributed by atoms with Crippen molar-refractivity contribution in [2.75, 3.05) is 19.7 Å². The van der Waals surface area contributed by atoms with Crippen LogP contribution in [0.25, 0.3) is 0 Å². The van der Waals surface area contributed by atoms with E-state index in [1.165, 1.54) is 5.56 Å². The van der Waals surface area contributed by atoms with Crippen molar-refractivity contribution in [2.24, 2.45) is 0 Å². The lowest BCUT2D eigenvalue weighted by molar-refractivity contribution is -0.123. The minimum atomic E-state index is -3.59. The first-order valence-corrected chi connectivity index (χ1v) is 10.9. The van der Waals surface area contributed by atoms with Gasteiger partial charge in [0.2, 0.25) is 10.0 Å². The van der Waals surface area contributed by atoms with Crippen molar-refractivity contribution in [3.63, 3.8) is 0 Å². The van der Waals surface area contributed by atoms with Gasteiger partial charge in [-0.2, -0.15) is 0 Å². The molecule has 0 aliphatic rings. The Bertz CT molecular complexity index is 893. The molecule has 0 aliphatic heterocycles. The molecule has 0 radical (unpaired) electrons. The Morgan fingerprint density at radius 1 is 1.00 bits per heavy atom. The Morgan fingerprint density at radius 2 is 1.71 bits per heavy atom. The number of ether oxygens (including phenoxy) is 1. The molecule has 0 bridgehead atoms. The van der Waals surface area contributed by atoms with Crippen molar-refractivity contribution in [1.82, 2.24) is 10.0 Å². The fourth-order valence-electron chi connectivity index (χ4n) is 2.59. The minimum Gasteiger partial charge on any atom is -0.484 e. The lowest BCUT2D eigenvalue weighted by Gasteiger charge is -2.10. The molecule has 2 aromatic rings. The standard InChI is InChI=1S/C21H28N2O4S/c1-4-5-18-7-9-19(10-8-18)27-15-21(24)22-12-13-23-28(25,26)20-11-6-16(2)17(3)14-20/h6-11,14,23H,4-5,12-13,15H2,1-3H3,(H,22,24). The number of hydrogen-bond donors (Lipinski definition) is 2. The van der Waals surface area contributed by atoms with Gasteiger partial charge in [-0.25, -0.2) is 13.1 Å². The summed E-state index contributed by atoms with van der Waals surface area (Å²) in [4.78, 5) is 12.1. The molecule has 0 heterocycles. The van der Waals surface area contributed by atoms with Gasteiger partial charge in [0.05, 0.1) is 4.90 Å². The van der Waals surface area contributed by atoms with Gasteiger partial charge in [-0.3, -0.25) is 4.79 Å². The van der Waals surface area contributed by atoms with Crippen LogP contribution in [-0.2, 0) is 21.2 Å². The maximum Gasteiger partial charge on any atom is 0.257 e. The van der Waals surface area contributed by atoms with Crippen LogP contribution >= 0.6 is 0 Å². The molecule has 0 fully saturated rings. The first kappa shape index (κ1) is 21.9. The van der Waals surface area contributed by atoms with Gasteiger partial charge in [0.25, 0.3) is 5.91 Å². The quantitative estimate of drug-likeness (QED) is 0.597. The van der Waals surface area contributed by atoms with E-state index < -0.39 is 10.0 Å². The highest BCUT2D eigenvalue weighted by Gasteiger charge is 2.14. The van der Waals surface area contributed by atoms with Gasteiger partial charge >= 0.3 is 0 Å². The van der Waals surface area contributed by atoms with Gasteiger partial charge in [0, 0.05) is 13.1 Å². The van der Waals surface area contributed by atoms with Crippen LogP contribution in [0.4, 0.5) is 0 Å². The zero-order valence-corrected chi connectivity index (χ0v) is 17.4. The molecule has 0 unspecified atom stereocenters. The average molecular weight is 405 g/mol. The molecule has 7 heteroatoms. The summed E-state index contributed by atoms with van der Waals surface area (Å²) < 4.78 is 32.5. The Morgan fingerprint density at radius 3 is 2.36 bits per heavy atom. The van der Waals surface area contributed by atoms with Crippen molar-refractivity contribution in [2.45, 2.75) is 38.5 Å². The van der Waals surface area contributed by atoms with Gasteiger partial charge in [-0.1, -0.05) is 31.5 Å². The maximum absolute atomic E-state index is 12.3. The lowest BCUT2D eigenvalue weighted by atomic mass is 10.1. The molecule has 28 heavy (non-hydrogen) atoms. The number of carbonyl (C=O) groups is 1. The molecule has 1 amide bonds. The van der Waals surface area contributed by atoms with Crippen LogP contribution in [-0.4, -0.2) is 34.0 Å². The highest BCUT2D eigenvalue weighted by Crippen LogP contribution is 2.14. The van der Waals surface area contributed by atoms with Gasteiger partial charge in [-0.15, -0.1) is 0 Å². The summed E-state index contributed by atoms with van der Waals surface area (Å²) in [5.41, 5.74) is 3.18. The Labute approximate surface area is 167 Å². The zero-order valence-electron chi connectivity index (χ0n) is 16.6. The Kier molecular flexibility index (Phi) is 8.02. The molecule has 0 aliphatic carbocycles. The Balaban J connectivity index is 1.72. The lowest BCUT2D eigenvalue weighted by Crippen LogP contribution is -2.36. The van der Waals surface area contributed by atoms with Crippen molar-refractivity contribution >= 4 is 15.9 Å². The van der Waals surface area contributed by atoms with Crippen LogP contribution in [0.2, 0.25) is 0 Å². The summed E-state index contributed by atoms with van der Waals surface area (Å²) in [7, 11) is -3.59. The molecular formula is C21H28N2O4S. The van der Waals surface area contributed by atoms with E-state index in [1.54, 1.807) is 18.2 Å². The highest BCUT2D eigenvalue weighted by molar-refractivity contribution is 7.89. The minimum absolute atomic E-state index is 0.104. The second-order valence-corrected chi connectivity index (χ2v) is 8.44. The smallest absolute Gasteiger partial charge is 0.257 e. The number of hydrogen-bond acceptors (Lipinski definition) is 4. The van der Waals surface area contributed by atoms with Crippen LogP contribution < -0.4 is 14.8 Å². The van der Waals surface area contributed by atoms with E-state index in [9.17, 15) is 13.2 Å². The maximum atomic E-state index is 12.3. The largest absolute Gasteiger partial charge is 0.484 e. The highest BCUT2D eigenvalue weighted by atomic mass is 32.2. The number of nitrogens with one attached hydrogen (secondary N) is 2. The SMILES string of the molecule is CCCc1ccc(OCC(=O)NCCNS(=O)(=O)c2ccc(C)c(C)c2)cc1. The second-order valence-electron chi connectivity index (χ2n) is 6.68. The second kappa shape index (κ2) is 10.2. The summed E-state index contributed by atoms with van der Waals surface area (Å²) in [6.45, 7) is 6.09. The van der Waals surface area contributed by atoms with E-state index in [1.807, 2.05) is 38.1 Å². The number of aryl methyl sites for hydroxylation is 3. The van der Waals surface area contributed by atoms with Crippen LogP contribution in [0.3, 0.4) is 0 Å². The molecule has 6 nitrogen and oxygen atoms in total. The summed E-state index contributed by atoms with van der Waals surface area (Å²) >= 11 is 0. The van der Waals surface area contributed by atoms with Crippen LogP contribution in [0.15, 0.2) is 47.4 Å². The molecule has 152 valence electrons. The van der Waals surface area contributed by atoms with Crippen LogP contribution in [0.1, 0.15) is 30.0 Å². The van der Waals surface area contributed by atoms with Crippen molar-refractivity contribution in [3.8, 4) is 5.75 Å². The normalized spacial score (nSPS) is 11.2. The first-order chi connectivity index (χ1) is 13.3. The van der Waals surface area contributed by atoms with Gasteiger partial charge < -0.3 is 10.1 Å². The molecule has 2 N–H and O–H groups in total. The fourth-order valence-corrected chi connectivity index (χ4v) is 3.71. The molecular weight excluding hydrogens is 376 g/mol. The third-order valence-electron chi connectivity index (χ3n) is 4.36. The van der Waals surface area contributed by atoms with Crippen molar-refractivity contribution < 1.29 is 17.9 Å². The number of sulfonamides is 1. The van der Waals surface area contributed by atoms with Crippen LogP contribution in [0, 0.1) is 13.8 Å². The molecule has 0 aromatic heterocycles. The average Bonchev–Trinajstić information content (AvgIpc) is 2.67. The van der Waals surface area contributed by atoms with Crippen molar-refractivity contribution in [1.29, 1.82) is 0 Å². The van der Waals surface area contributed by atoms with Gasteiger partial charge in [-0.05, 0) is 61.2 Å². The van der Waals surface area contributed by atoms with E-state index in [0.717, 1.165) is 24.0 Å². The summed E-state index contributed by atoms with van der Waals surface area (Å²) in [6, 6.07) is 12.6. The third-order valence-corrected chi connectivity index (χ3v) is 5.82. The number of amides is 1. The predicted molar refractivity (Wildman–Crippen MR) is 110 cm³/mol. The van der Waals surface area contributed by atoms with E-state index in [0.29, 0.717) is 5.75 Å². The van der Waals surface area contributed by atoms with E-state index in [2.05, 4.69) is 17.0 Å². The molecule has 2 aromatic carbocycles. The van der Waals surface area contributed by atoms with Crippen molar-refractivity contribution in [3.05, 3.63) is 59.2 Å². The van der Waals surface area contributed by atoms with E-state index >= 15 is 0 Å². The fraction of sp³-hybridized carbons (Fsp3) is 0.381. The Hall–Kier alpha value is -2.38. The predicted octanol–water partition coefficient (Wildman–Crippen LogP) is 2.73. The monoisotopic (exact) mass is 404 g/mol. The summed E-state index contributed by atoms with van der Waals surface area (Å²) in [5.74, 6) is 0.327. The molecule has 2 rings (SSSR count). The molecule has 0 spiro atoms. The van der Waals surface area contributed by atoms with E-state index in [-0.39, 0.29) is 30.5 Å². The third kappa shape index (κ3) is 6.65. The molecule has 0 saturated carbocycles. The van der Waals surface area contributed by atoms with E-state index in [4.69, 9.17) is 4.74 Å². The first-order valence-electron chi connectivity index (χ1n) is 9.37. The number of rotatable bonds is 10. The number of carbonyl (C=O) groups excluding carboxylic acids is 1. The van der Waals surface area contributed by atoms with Crippen LogP contribution in [0.5, 0.6) is 5.75 Å². The number of benzene rings is 2.